The molecule has 3 aliphatic carbocycles. The van der Waals surface area contributed by atoms with Gasteiger partial charge in [0.25, 0.3) is 0 Å². The van der Waals surface area contributed by atoms with E-state index in [9.17, 15) is 5.11 Å². The molecule has 3 fully saturated rings. The van der Waals surface area contributed by atoms with Crippen molar-refractivity contribution in [2.75, 3.05) is 0 Å². The molecular formula is C15H26O. The van der Waals surface area contributed by atoms with E-state index in [4.69, 9.17) is 0 Å². The van der Waals surface area contributed by atoms with Crippen LogP contribution in [0.1, 0.15) is 52.9 Å². The van der Waals surface area contributed by atoms with Crippen LogP contribution >= 0.6 is 0 Å². The van der Waals surface area contributed by atoms with Crippen molar-refractivity contribution in [1.29, 1.82) is 0 Å². The van der Waals surface area contributed by atoms with Crippen LogP contribution in [-0.2, 0) is 0 Å². The fourth-order valence-electron chi connectivity index (χ4n) is 3.79. The van der Waals surface area contributed by atoms with E-state index in [0.717, 1.165) is 24.2 Å². The molecule has 0 aromatic rings. The highest BCUT2D eigenvalue weighted by molar-refractivity contribution is 5.05. The minimum Gasteiger partial charge on any atom is -0.389 e. The normalized spacial score (nSPS) is 38.4. The van der Waals surface area contributed by atoms with Crippen molar-refractivity contribution in [3.8, 4) is 0 Å². The number of aliphatic hydroxyl groups excluding tert-OH is 1. The Bertz CT molecular complexity index is 265. The molecule has 4 atom stereocenters. The SMILES string of the molecule is CCC(O)C=CCC1CCC2CC1C2(C)C. The zero-order valence-corrected chi connectivity index (χ0v) is 10.9. The molecule has 3 rings (SSSR count). The average Bonchev–Trinajstić information content (AvgIpc) is 2.28. The third-order valence-corrected chi connectivity index (χ3v) is 5.22. The lowest BCUT2D eigenvalue weighted by atomic mass is 9.45. The lowest BCUT2D eigenvalue weighted by molar-refractivity contribution is -0.103. The maximum Gasteiger partial charge on any atom is 0.0718 e. The molecule has 0 saturated heterocycles. The van der Waals surface area contributed by atoms with Gasteiger partial charge in [0.05, 0.1) is 6.10 Å². The third-order valence-electron chi connectivity index (χ3n) is 5.22. The molecule has 4 unspecified atom stereocenters. The molecule has 0 aromatic heterocycles. The first-order valence-electron chi connectivity index (χ1n) is 6.90. The molecule has 3 saturated carbocycles. The van der Waals surface area contributed by atoms with Crippen molar-refractivity contribution in [2.24, 2.45) is 23.2 Å². The maximum absolute atomic E-state index is 9.48. The van der Waals surface area contributed by atoms with Gasteiger partial charge in [0.15, 0.2) is 0 Å². The molecule has 0 aromatic carbocycles. The lowest BCUT2D eigenvalue weighted by Crippen LogP contribution is -2.52. The number of hydrogen-bond donors (Lipinski definition) is 1. The summed E-state index contributed by atoms with van der Waals surface area (Å²) in [5.74, 6) is 2.81. The van der Waals surface area contributed by atoms with Gasteiger partial charge in [-0.05, 0) is 55.3 Å². The molecular weight excluding hydrogens is 196 g/mol. The number of hydrogen-bond acceptors (Lipinski definition) is 1. The predicted molar refractivity (Wildman–Crippen MR) is 68.2 cm³/mol. The second kappa shape index (κ2) is 4.52. The van der Waals surface area contributed by atoms with Crippen LogP contribution in [0.15, 0.2) is 12.2 Å². The maximum atomic E-state index is 9.48. The monoisotopic (exact) mass is 222 g/mol. The molecule has 0 radical (unpaired) electrons. The van der Waals surface area contributed by atoms with E-state index < -0.39 is 0 Å². The average molecular weight is 222 g/mol. The lowest BCUT2D eigenvalue weighted by Gasteiger charge is -2.60. The van der Waals surface area contributed by atoms with Gasteiger partial charge in [-0.3, -0.25) is 0 Å². The summed E-state index contributed by atoms with van der Waals surface area (Å²) >= 11 is 0. The summed E-state index contributed by atoms with van der Waals surface area (Å²) < 4.78 is 0. The summed E-state index contributed by atoms with van der Waals surface area (Å²) in [7, 11) is 0. The summed E-state index contributed by atoms with van der Waals surface area (Å²) in [5.41, 5.74) is 0.597. The van der Waals surface area contributed by atoms with E-state index in [0.29, 0.717) is 5.41 Å². The smallest absolute Gasteiger partial charge is 0.0718 e. The number of rotatable bonds is 4. The van der Waals surface area contributed by atoms with Crippen LogP contribution < -0.4 is 0 Å². The quantitative estimate of drug-likeness (QED) is 0.718. The highest BCUT2D eigenvalue weighted by Crippen LogP contribution is 2.62. The molecule has 3 aliphatic rings. The molecule has 1 nitrogen and oxygen atoms in total. The Morgan fingerprint density at radius 2 is 2.12 bits per heavy atom. The largest absolute Gasteiger partial charge is 0.389 e. The predicted octanol–water partition coefficient (Wildman–Crippen LogP) is 3.78. The summed E-state index contributed by atoms with van der Waals surface area (Å²) in [6.45, 7) is 6.92. The van der Waals surface area contributed by atoms with Crippen LogP contribution in [0.5, 0.6) is 0 Å². The molecule has 1 heteroatoms. The molecule has 92 valence electrons. The van der Waals surface area contributed by atoms with Gasteiger partial charge in [0.2, 0.25) is 0 Å². The Balaban J connectivity index is 1.85. The summed E-state index contributed by atoms with van der Waals surface area (Å²) in [5, 5.41) is 9.48. The van der Waals surface area contributed by atoms with Gasteiger partial charge in [-0.1, -0.05) is 32.9 Å². The van der Waals surface area contributed by atoms with Gasteiger partial charge < -0.3 is 5.11 Å². The van der Waals surface area contributed by atoms with Gasteiger partial charge in [0.1, 0.15) is 0 Å². The Morgan fingerprint density at radius 1 is 1.38 bits per heavy atom. The zero-order valence-electron chi connectivity index (χ0n) is 10.9. The number of fused-ring (bicyclic) bond motifs is 2. The zero-order chi connectivity index (χ0) is 11.8. The Labute approximate surface area is 99.9 Å². The minimum absolute atomic E-state index is 0.231. The molecule has 0 amide bonds. The van der Waals surface area contributed by atoms with Crippen molar-refractivity contribution in [2.45, 2.75) is 59.0 Å². The van der Waals surface area contributed by atoms with E-state index in [1.165, 1.54) is 25.7 Å². The highest BCUT2D eigenvalue weighted by Gasteiger charge is 2.53. The van der Waals surface area contributed by atoms with Crippen LogP contribution in [0.3, 0.4) is 0 Å². The van der Waals surface area contributed by atoms with Crippen molar-refractivity contribution in [3.63, 3.8) is 0 Å². The van der Waals surface area contributed by atoms with E-state index in [1.54, 1.807) is 0 Å². The summed E-state index contributed by atoms with van der Waals surface area (Å²) in [6.07, 6.45) is 10.3. The highest BCUT2D eigenvalue weighted by atomic mass is 16.3. The summed E-state index contributed by atoms with van der Waals surface area (Å²) in [6, 6.07) is 0. The summed E-state index contributed by atoms with van der Waals surface area (Å²) in [4.78, 5) is 0. The third kappa shape index (κ3) is 2.07. The first-order valence-corrected chi connectivity index (χ1v) is 6.90. The molecule has 1 N–H and O–H groups in total. The topological polar surface area (TPSA) is 20.2 Å². The van der Waals surface area contributed by atoms with Gasteiger partial charge in [-0.25, -0.2) is 0 Å². The van der Waals surface area contributed by atoms with E-state index in [-0.39, 0.29) is 6.10 Å². The second-order valence-electron chi connectivity index (χ2n) is 6.34. The minimum atomic E-state index is -0.231. The molecule has 16 heavy (non-hydrogen) atoms. The number of aliphatic hydroxyl groups is 1. The Hall–Kier alpha value is -0.300. The molecule has 0 spiro atoms. The van der Waals surface area contributed by atoms with Crippen molar-refractivity contribution < 1.29 is 5.11 Å². The Morgan fingerprint density at radius 3 is 2.69 bits per heavy atom. The van der Waals surface area contributed by atoms with E-state index in [1.807, 2.05) is 13.0 Å². The fraction of sp³-hybridized carbons (Fsp3) is 0.867. The van der Waals surface area contributed by atoms with Gasteiger partial charge in [-0.15, -0.1) is 0 Å². The number of allylic oxidation sites excluding steroid dienone is 1. The van der Waals surface area contributed by atoms with Gasteiger partial charge in [0, 0.05) is 0 Å². The molecule has 2 bridgehead atoms. The molecule has 0 heterocycles. The van der Waals surface area contributed by atoms with Crippen LogP contribution in [0, 0.1) is 23.2 Å². The van der Waals surface area contributed by atoms with Crippen LogP contribution in [0.2, 0.25) is 0 Å². The van der Waals surface area contributed by atoms with Crippen LogP contribution in [0.25, 0.3) is 0 Å². The standard InChI is InChI=1S/C15H26O/c1-4-13(16)7-5-6-11-8-9-12-10-14(11)15(12,2)3/h5,7,11-14,16H,4,6,8-10H2,1-3H3. The van der Waals surface area contributed by atoms with E-state index in [2.05, 4.69) is 19.9 Å². The Kier molecular flexibility index (Phi) is 3.44. The van der Waals surface area contributed by atoms with E-state index >= 15 is 0 Å². The first kappa shape index (κ1) is 12.2. The second-order valence-corrected chi connectivity index (χ2v) is 6.34. The van der Waals surface area contributed by atoms with Gasteiger partial charge in [-0.2, -0.15) is 0 Å². The van der Waals surface area contributed by atoms with Crippen LogP contribution in [0.4, 0.5) is 0 Å². The fourth-order valence-corrected chi connectivity index (χ4v) is 3.79. The van der Waals surface area contributed by atoms with Crippen molar-refractivity contribution in [3.05, 3.63) is 12.2 Å². The van der Waals surface area contributed by atoms with Crippen molar-refractivity contribution >= 4 is 0 Å². The van der Waals surface area contributed by atoms with Gasteiger partial charge >= 0.3 is 0 Å². The van der Waals surface area contributed by atoms with Crippen LogP contribution in [-0.4, -0.2) is 11.2 Å². The van der Waals surface area contributed by atoms with Crippen molar-refractivity contribution in [1.82, 2.24) is 0 Å². The first-order chi connectivity index (χ1) is 7.55. The molecule has 0 aliphatic heterocycles.